The standard InChI is InChI=1S/C13H15N3O2S/c1-3-16(4-2)13(18)11-12(19-15-14-11)9-7-5-6-8-10(9)17/h5-8,17H,3-4H2,1-2H3. The van der Waals surface area contributed by atoms with Gasteiger partial charge in [0.15, 0.2) is 5.69 Å². The molecule has 0 spiro atoms. The number of amides is 1. The van der Waals surface area contributed by atoms with E-state index in [0.29, 0.717) is 29.2 Å². The lowest BCUT2D eigenvalue weighted by atomic mass is 10.1. The minimum absolute atomic E-state index is 0.127. The Morgan fingerprint density at radius 2 is 2.00 bits per heavy atom. The predicted octanol–water partition coefficient (Wildman–Crippen LogP) is 2.39. The number of hydrogen-bond donors (Lipinski definition) is 1. The summed E-state index contributed by atoms with van der Waals surface area (Å²) in [4.78, 5) is 14.6. The smallest absolute Gasteiger partial charge is 0.275 e. The van der Waals surface area contributed by atoms with Crippen LogP contribution in [-0.2, 0) is 0 Å². The van der Waals surface area contributed by atoms with Crippen LogP contribution in [0.25, 0.3) is 10.4 Å². The molecule has 0 aliphatic rings. The van der Waals surface area contributed by atoms with E-state index >= 15 is 0 Å². The molecular weight excluding hydrogens is 262 g/mol. The molecular formula is C13H15N3O2S. The van der Waals surface area contributed by atoms with E-state index in [0.717, 1.165) is 11.5 Å². The molecule has 2 rings (SSSR count). The molecule has 2 aromatic rings. The van der Waals surface area contributed by atoms with Gasteiger partial charge in [0.1, 0.15) is 5.75 Å². The summed E-state index contributed by atoms with van der Waals surface area (Å²) in [6.07, 6.45) is 0. The second-order valence-corrected chi connectivity index (χ2v) is 4.70. The molecule has 1 aromatic carbocycles. The fourth-order valence-electron chi connectivity index (χ4n) is 1.83. The third-order valence-electron chi connectivity index (χ3n) is 2.89. The number of hydrogen-bond acceptors (Lipinski definition) is 5. The van der Waals surface area contributed by atoms with Gasteiger partial charge in [-0.2, -0.15) is 0 Å². The molecule has 0 aliphatic heterocycles. The van der Waals surface area contributed by atoms with Crippen molar-refractivity contribution in [3.05, 3.63) is 30.0 Å². The Balaban J connectivity index is 2.44. The zero-order valence-corrected chi connectivity index (χ0v) is 11.6. The summed E-state index contributed by atoms with van der Waals surface area (Å²) in [5.41, 5.74) is 0.892. The maximum Gasteiger partial charge on any atom is 0.275 e. The van der Waals surface area contributed by atoms with Crippen molar-refractivity contribution < 1.29 is 9.90 Å². The Bertz CT molecular complexity index is 579. The number of nitrogens with zero attached hydrogens (tertiary/aromatic N) is 3. The van der Waals surface area contributed by atoms with E-state index in [1.807, 2.05) is 13.8 Å². The molecule has 0 saturated heterocycles. The normalized spacial score (nSPS) is 10.4. The highest BCUT2D eigenvalue weighted by Gasteiger charge is 2.22. The molecule has 0 atom stereocenters. The van der Waals surface area contributed by atoms with Gasteiger partial charge in [-0.3, -0.25) is 4.79 Å². The highest BCUT2D eigenvalue weighted by Crippen LogP contribution is 2.33. The van der Waals surface area contributed by atoms with Gasteiger partial charge in [-0.15, -0.1) is 5.10 Å². The summed E-state index contributed by atoms with van der Waals surface area (Å²) in [6.45, 7) is 5.07. The lowest BCUT2D eigenvalue weighted by Crippen LogP contribution is -2.31. The SMILES string of the molecule is CCN(CC)C(=O)c1nnsc1-c1ccccc1O. The van der Waals surface area contributed by atoms with Crippen LogP contribution in [0.5, 0.6) is 5.75 Å². The van der Waals surface area contributed by atoms with E-state index < -0.39 is 0 Å². The summed E-state index contributed by atoms with van der Waals surface area (Å²) in [5.74, 6) is -0.0286. The molecule has 0 aliphatic carbocycles. The van der Waals surface area contributed by atoms with Gasteiger partial charge in [0.2, 0.25) is 0 Å². The van der Waals surface area contributed by atoms with Gasteiger partial charge >= 0.3 is 0 Å². The third kappa shape index (κ3) is 2.58. The molecule has 1 aromatic heterocycles. The minimum atomic E-state index is -0.156. The van der Waals surface area contributed by atoms with Crippen LogP contribution in [0.4, 0.5) is 0 Å². The van der Waals surface area contributed by atoms with Crippen molar-refractivity contribution in [3.63, 3.8) is 0 Å². The molecule has 1 heterocycles. The summed E-state index contributed by atoms with van der Waals surface area (Å²) < 4.78 is 3.84. The Hall–Kier alpha value is -1.95. The van der Waals surface area contributed by atoms with Crippen LogP contribution >= 0.6 is 11.5 Å². The summed E-state index contributed by atoms with van der Waals surface area (Å²) in [7, 11) is 0. The van der Waals surface area contributed by atoms with E-state index in [2.05, 4.69) is 9.59 Å². The predicted molar refractivity (Wildman–Crippen MR) is 74.3 cm³/mol. The Labute approximate surface area is 115 Å². The van der Waals surface area contributed by atoms with Crippen LogP contribution in [0, 0.1) is 0 Å². The van der Waals surface area contributed by atoms with Gasteiger partial charge in [0.05, 0.1) is 4.88 Å². The van der Waals surface area contributed by atoms with Crippen molar-refractivity contribution in [1.29, 1.82) is 0 Å². The van der Waals surface area contributed by atoms with Crippen LogP contribution in [-0.4, -0.2) is 38.6 Å². The zero-order valence-electron chi connectivity index (χ0n) is 10.8. The monoisotopic (exact) mass is 277 g/mol. The molecule has 0 bridgehead atoms. The average molecular weight is 277 g/mol. The molecule has 0 unspecified atom stereocenters. The van der Waals surface area contributed by atoms with Crippen LogP contribution in [0.1, 0.15) is 24.3 Å². The molecule has 1 N–H and O–H groups in total. The lowest BCUT2D eigenvalue weighted by molar-refractivity contribution is 0.0768. The Morgan fingerprint density at radius 1 is 1.32 bits per heavy atom. The van der Waals surface area contributed by atoms with E-state index in [1.165, 1.54) is 0 Å². The number of rotatable bonds is 4. The second-order valence-electron chi connectivity index (χ2n) is 3.95. The summed E-state index contributed by atoms with van der Waals surface area (Å²) >= 11 is 1.11. The van der Waals surface area contributed by atoms with E-state index in [9.17, 15) is 9.90 Å². The highest BCUT2D eigenvalue weighted by atomic mass is 32.1. The summed E-state index contributed by atoms with van der Waals surface area (Å²) in [6, 6.07) is 6.88. The van der Waals surface area contributed by atoms with E-state index in [1.54, 1.807) is 29.2 Å². The second kappa shape index (κ2) is 5.79. The number of aromatic hydroxyl groups is 1. The van der Waals surface area contributed by atoms with Gasteiger partial charge in [-0.1, -0.05) is 16.6 Å². The number of phenols is 1. The molecule has 19 heavy (non-hydrogen) atoms. The van der Waals surface area contributed by atoms with Crippen LogP contribution in [0.2, 0.25) is 0 Å². The van der Waals surface area contributed by atoms with Gasteiger partial charge in [0, 0.05) is 18.7 Å². The molecule has 6 heteroatoms. The number of carbonyl (C=O) groups is 1. The molecule has 0 fully saturated rings. The molecule has 5 nitrogen and oxygen atoms in total. The first-order chi connectivity index (χ1) is 9.19. The van der Waals surface area contributed by atoms with Crippen LogP contribution in [0.15, 0.2) is 24.3 Å². The molecule has 1 amide bonds. The van der Waals surface area contributed by atoms with Crippen molar-refractivity contribution in [1.82, 2.24) is 14.5 Å². The molecule has 0 radical (unpaired) electrons. The average Bonchev–Trinajstić information content (AvgIpc) is 2.89. The first-order valence-electron chi connectivity index (χ1n) is 6.09. The van der Waals surface area contributed by atoms with Crippen molar-refractivity contribution in [2.75, 3.05) is 13.1 Å². The number of para-hydroxylation sites is 1. The Kier molecular flexibility index (Phi) is 4.11. The van der Waals surface area contributed by atoms with Gasteiger partial charge in [-0.05, 0) is 37.5 Å². The number of carbonyl (C=O) groups excluding carboxylic acids is 1. The van der Waals surface area contributed by atoms with E-state index in [-0.39, 0.29) is 11.7 Å². The van der Waals surface area contributed by atoms with Gasteiger partial charge < -0.3 is 10.0 Å². The van der Waals surface area contributed by atoms with Gasteiger partial charge in [-0.25, -0.2) is 0 Å². The maximum atomic E-state index is 12.3. The van der Waals surface area contributed by atoms with Crippen molar-refractivity contribution in [3.8, 4) is 16.2 Å². The number of phenolic OH excluding ortho intramolecular Hbond substituents is 1. The van der Waals surface area contributed by atoms with Crippen LogP contribution in [0.3, 0.4) is 0 Å². The zero-order chi connectivity index (χ0) is 13.8. The highest BCUT2D eigenvalue weighted by molar-refractivity contribution is 7.09. The van der Waals surface area contributed by atoms with Crippen molar-refractivity contribution >= 4 is 17.4 Å². The minimum Gasteiger partial charge on any atom is -0.507 e. The molecule has 0 saturated carbocycles. The van der Waals surface area contributed by atoms with Crippen LogP contribution < -0.4 is 0 Å². The number of aromatic nitrogens is 2. The third-order valence-corrected chi connectivity index (χ3v) is 3.65. The number of benzene rings is 1. The lowest BCUT2D eigenvalue weighted by Gasteiger charge is -2.17. The quantitative estimate of drug-likeness (QED) is 0.932. The molecule has 100 valence electrons. The van der Waals surface area contributed by atoms with Crippen molar-refractivity contribution in [2.45, 2.75) is 13.8 Å². The van der Waals surface area contributed by atoms with E-state index in [4.69, 9.17) is 0 Å². The van der Waals surface area contributed by atoms with Gasteiger partial charge in [0.25, 0.3) is 5.91 Å². The fourth-order valence-corrected chi connectivity index (χ4v) is 2.52. The summed E-state index contributed by atoms with van der Waals surface area (Å²) in [5, 5.41) is 13.8. The fraction of sp³-hybridized carbons (Fsp3) is 0.308. The maximum absolute atomic E-state index is 12.3. The largest absolute Gasteiger partial charge is 0.507 e. The van der Waals surface area contributed by atoms with Crippen molar-refractivity contribution in [2.24, 2.45) is 0 Å². The first-order valence-corrected chi connectivity index (χ1v) is 6.86. The topological polar surface area (TPSA) is 66.3 Å². The Morgan fingerprint density at radius 3 is 2.63 bits per heavy atom. The first kappa shape index (κ1) is 13.5.